The van der Waals surface area contributed by atoms with Crippen LogP contribution in [0.4, 0.5) is 4.39 Å². The first-order chi connectivity index (χ1) is 6.49. The summed E-state index contributed by atoms with van der Waals surface area (Å²) < 4.78 is 13.8. The Hall–Kier alpha value is -0.410. The van der Waals surface area contributed by atoms with Crippen molar-refractivity contribution >= 4 is 15.9 Å². The molecule has 78 valence electrons. The van der Waals surface area contributed by atoms with Crippen molar-refractivity contribution in [3.63, 3.8) is 0 Å². The molecular weight excluding hydrogens is 245 g/mol. The molecule has 3 heteroatoms. The lowest BCUT2D eigenvalue weighted by molar-refractivity contribution is 0.480. The highest BCUT2D eigenvalue weighted by Gasteiger charge is 2.09. The molecule has 0 aliphatic heterocycles. The van der Waals surface area contributed by atoms with Crippen molar-refractivity contribution in [2.75, 3.05) is 0 Å². The minimum Gasteiger partial charge on any atom is -0.328 e. The zero-order valence-corrected chi connectivity index (χ0v) is 10.0. The maximum Gasteiger partial charge on any atom is 0.124 e. The third kappa shape index (κ3) is 3.39. The van der Waals surface area contributed by atoms with Crippen molar-refractivity contribution in [1.29, 1.82) is 0 Å². The van der Waals surface area contributed by atoms with Crippen LogP contribution in [0.3, 0.4) is 0 Å². The fraction of sp³-hybridized carbons (Fsp3) is 0.455. The predicted molar refractivity (Wildman–Crippen MR) is 60.6 cm³/mol. The van der Waals surface area contributed by atoms with Gasteiger partial charge in [-0.05, 0) is 43.0 Å². The fourth-order valence-electron chi connectivity index (χ4n) is 1.29. The molecule has 0 fully saturated rings. The van der Waals surface area contributed by atoms with Gasteiger partial charge in [-0.15, -0.1) is 0 Å². The van der Waals surface area contributed by atoms with E-state index in [4.69, 9.17) is 5.73 Å². The van der Waals surface area contributed by atoms with Crippen LogP contribution in [0.25, 0.3) is 0 Å². The summed E-state index contributed by atoms with van der Waals surface area (Å²) in [5.41, 5.74) is 6.74. The molecule has 0 aliphatic rings. The molecule has 2 unspecified atom stereocenters. The first-order valence-corrected chi connectivity index (χ1v) is 5.49. The molecule has 0 aliphatic carbocycles. The number of rotatable bonds is 3. The van der Waals surface area contributed by atoms with Crippen molar-refractivity contribution in [3.05, 3.63) is 34.1 Å². The van der Waals surface area contributed by atoms with Crippen molar-refractivity contribution in [1.82, 2.24) is 0 Å². The van der Waals surface area contributed by atoms with E-state index in [2.05, 4.69) is 22.9 Å². The van der Waals surface area contributed by atoms with E-state index < -0.39 is 0 Å². The van der Waals surface area contributed by atoms with Crippen LogP contribution in [0, 0.1) is 11.7 Å². The van der Waals surface area contributed by atoms with Crippen LogP contribution in [-0.2, 0) is 6.42 Å². The normalized spacial score (nSPS) is 15.2. The van der Waals surface area contributed by atoms with Crippen molar-refractivity contribution < 1.29 is 4.39 Å². The van der Waals surface area contributed by atoms with E-state index in [-0.39, 0.29) is 11.9 Å². The maximum absolute atomic E-state index is 13.0. The highest BCUT2D eigenvalue weighted by molar-refractivity contribution is 9.10. The molecule has 0 radical (unpaired) electrons. The predicted octanol–water partition coefficient (Wildman–Crippen LogP) is 3.11. The molecule has 1 rings (SSSR count). The molecule has 0 spiro atoms. The molecule has 2 N–H and O–H groups in total. The minimum atomic E-state index is -0.203. The Balaban J connectivity index is 2.76. The smallest absolute Gasteiger partial charge is 0.124 e. The summed E-state index contributed by atoms with van der Waals surface area (Å²) in [7, 11) is 0. The average Bonchev–Trinajstić information content (AvgIpc) is 2.01. The summed E-state index contributed by atoms with van der Waals surface area (Å²) in [6.07, 6.45) is 0.814. The average molecular weight is 260 g/mol. The molecule has 1 aromatic carbocycles. The Morgan fingerprint density at radius 2 is 2.00 bits per heavy atom. The second kappa shape index (κ2) is 4.89. The first-order valence-electron chi connectivity index (χ1n) is 4.69. The molecule has 14 heavy (non-hydrogen) atoms. The standard InChI is InChI=1S/C11H15BrFN/c1-7(8(2)14)3-9-4-10(12)6-11(13)5-9/h4-8H,3,14H2,1-2H3. The zero-order valence-electron chi connectivity index (χ0n) is 8.43. The largest absolute Gasteiger partial charge is 0.328 e. The third-order valence-corrected chi connectivity index (χ3v) is 2.84. The van der Waals surface area contributed by atoms with Gasteiger partial charge in [-0.2, -0.15) is 0 Å². The Kier molecular flexibility index (Phi) is 4.08. The van der Waals surface area contributed by atoms with Gasteiger partial charge in [0.15, 0.2) is 0 Å². The van der Waals surface area contributed by atoms with Crippen LogP contribution >= 0.6 is 15.9 Å². The molecule has 0 amide bonds. The van der Waals surface area contributed by atoms with Gasteiger partial charge in [0.1, 0.15) is 5.82 Å². The van der Waals surface area contributed by atoms with E-state index in [0.29, 0.717) is 5.92 Å². The van der Waals surface area contributed by atoms with Crippen LogP contribution in [0.2, 0.25) is 0 Å². The number of halogens is 2. The van der Waals surface area contributed by atoms with Crippen LogP contribution in [0.1, 0.15) is 19.4 Å². The first kappa shape index (κ1) is 11.7. The van der Waals surface area contributed by atoms with E-state index in [0.717, 1.165) is 16.5 Å². The minimum absolute atomic E-state index is 0.136. The molecule has 1 nitrogen and oxygen atoms in total. The van der Waals surface area contributed by atoms with E-state index >= 15 is 0 Å². The molecule has 0 saturated heterocycles. The fourth-order valence-corrected chi connectivity index (χ4v) is 1.80. The zero-order chi connectivity index (χ0) is 10.7. The molecular formula is C11H15BrFN. The lowest BCUT2D eigenvalue weighted by Gasteiger charge is -2.15. The van der Waals surface area contributed by atoms with Gasteiger partial charge in [0.25, 0.3) is 0 Å². The summed E-state index contributed by atoms with van der Waals surface area (Å²) >= 11 is 3.27. The van der Waals surface area contributed by atoms with Gasteiger partial charge >= 0.3 is 0 Å². The lowest BCUT2D eigenvalue weighted by atomic mass is 9.96. The maximum atomic E-state index is 13.0. The van der Waals surface area contributed by atoms with E-state index in [9.17, 15) is 4.39 Å². The summed E-state index contributed by atoms with van der Waals surface area (Å²) in [5.74, 6) is 0.162. The SMILES string of the molecule is CC(N)C(C)Cc1cc(F)cc(Br)c1. The Morgan fingerprint density at radius 1 is 1.36 bits per heavy atom. The molecule has 0 aromatic heterocycles. The summed E-state index contributed by atoms with van der Waals surface area (Å²) in [6, 6.07) is 5.09. The van der Waals surface area contributed by atoms with Gasteiger partial charge in [0.05, 0.1) is 0 Å². The van der Waals surface area contributed by atoms with E-state index in [1.54, 1.807) is 6.07 Å². The van der Waals surface area contributed by atoms with Crippen LogP contribution in [0.5, 0.6) is 0 Å². The van der Waals surface area contributed by atoms with Crippen LogP contribution in [0.15, 0.2) is 22.7 Å². The molecule has 0 saturated carbocycles. The Labute approximate surface area is 92.6 Å². The monoisotopic (exact) mass is 259 g/mol. The molecule has 0 heterocycles. The third-order valence-electron chi connectivity index (χ3n) is 2.38. The van der Waals surface area contributed by atoms with Gasteiger partial charge in [-0.1, -0.05) is 22.9 Å². The highest BCUT2D eigenvalue weighted by Crippen LogP contribution is 2.18. The quantitative estimate of drug-likeness (QED) is 0.887. The number of hydrogen-bond acceptors (Lipinski definition) is 1. The van der Waals surface area contributed by atoms with E-state index in [1.165, 1.54) is 6.07 Å². The molecule has 0 bridgehead atoms. The Bertz CT molecular complexity index is 292. The topological polar surface area (TPSA) is 26.0 Å². The highest BCUT2D eigenvalue weighted by atomic mass is 79.9. The Morgan fingerprint density at radius 3 is 2.50 bits per heavy atom. The number of nitrogens with two attached hydrogens (primary N) is 1. The van der Waals surface area contributed by atoms with Crippen molar-refractivity contribution in [2.45, 2.75) is 26.3 Å². The van der Waals surface area contributed by atoms with Gasteiger partial charge in [-0.3, -0.25) is 0 Å². The lowest BCUT2D eigenvalue weighted by Crippen LogP contribution is -2.25. The second-order valence-electron chi connectivity index (χ2n) is 3.82. The molecule has 1 aromatic rings. The summed E-state index contributed by atoms with van der Waals surface area (Å²) in [6.45, 7) is 4.04. The second-order valence-corrected chi connectivity index (χ2v) is 4.73. The van der Waals surface area contributed by atoms with Crippen molar-refractivity contribution in [2.24, 2.45) is 11.7 Å². The van der Waals surface area contributed by atoms with Gasteiger partial charge < -0.3 is 5.73 Å². The summed E-state index contributed by atoms with van der Waals surface area (Å²) in [4.78, 5) is 0. The van der Waals surface area contributed by atoms with Gasteiger partial charge in [-0.25, -0.2) is 4.39 Å². The van der Waals surface area contributed by atoms with Gasteiger partial charge in [0, 0.05) is 10.5 Å². The number of hydrogen-bond donors (Lipinski definition) is 1. The summed E-state index contributed by atoms with van der Waals surface area (Å²) in [5, 5.41) is 0. The van der Waals surface area contributed by atoms with Gasteiger partial charge in [0.2, 0.25) is 0 Å². The van der Waals surface area contributed by atoms with Crippen LogP contribution < -0.4 is 5.73 Å². The van der Waals surface area contributed by atoms with Crippen molar-refractivity contribution in [3.8, 4) is 0 Å². The van der Waals surface area contributed by atoms with Crippen LogP contribution in [-0.4, -0.2) is 6.04 Å². The number of benzene rings is 1. The van der Waals surface area contributed by atoms with E-state index in [1.807, 2.05) is 13.0 Å². The molecule has 2 atom stereocenters.